The van der Waals surface area contributed by atoms with E-state index in [0.717, 1.165) is 16.7 Å². The number of benzene rings is 2. The smallest absolute Gasteiger partial charge is 0.334 e. The van der Waals surface area contributed by atoms with Crippen LogP contribution in [-0.2, 0) is 32.3 Å². The maximum atomic E-state index is 13.5. The molecule has 0 aliphatic carbocycles. The number of ether oxygens (including phenoxy) is 1. The lowest BCUT2D eigenvalue weighted by Gasteiger charge is -2.54. The SMILES string of the molecule is Cc1ccc(COCCN2C[C@H]3N(C(=O)CN(C)N3C(=O)NCc3ccccc3)[C@@H](CCC(=O)O)C2=O)cc1. The molecule has 2 atom stereocenters. The maximum Gasteiger partial charge on any atom is 0.334 e. The first-order chi connectivity index (χ1) is 18.7. The van der Waals surface area contributed by atoms with Crippen LogP contribution in [0.3, 0.4) is 0 Å². The van der Waals surface area contributed by atoms with Crippen molar-refractivity contribution >= 4 is 23.8 Å². The molecule has 2 aromatic rings. The molecule has 0 radical (unpaired) electrons. The zero-order chi connectivity index (χ0) is 27.9. The Kier molecular flexibility index (Phi) is 9.15. The van der Waals surface area contributed by atoms with Crippen LogP contribution in [0.5, 0.6) is 0 Å². The average Bonchev–Trinajstić information content (AvgIpc) is 2.91. The Morgan fingerprint density at radius 2 is 1.77 bits per heavy atom. The van der Waals surface area contributed by atoms with E-state index < -0.39 is 24.2 Å². The molecule has 2 heterocycles. The Bertz CT molecular complexity index is 1170. The number of hydrogen-bond donors (Lipinski definition) is 2. The van der Waals surface area contributed by atoms with Crippen molar-refractivity contribution in [3.05, 3.63) is 71.3 Å². The number of aryl methyl sites for hydroxylation is 1. The summed E-state index contributed by atoms with van der Waals surface area (Å²) < 4.78 is 5.81. The molecule has 11 nitrogen and oxygen atoms in total. The van der Waals surface area contributed by atoms with Gasteiger partial charge in [0.25, 0.3) is 0 Å². The molecule has 2 aliphatic rings. The number of rotatable bonds is 10. The molecule has 0 aromatic heterocycles. The fourth-order valence-corrected chi connectivity index (χ4v) is 4.95. The molecule has 39 heavy (non-hydrogen) atoms. The van der Waals surface area contributed by atoms with E-state index in [-0.39, 0.29) is 50.9 Å². The van der Waals surface area contributed by atoms with Gasteiger partial charge in [0.2, 0.25) is 11.8 Å². The number of piperazine rings is 1. The summed E-state index contributed by atoms with van der Waals surface area (Å²) in [7, 11) is 1.65. The highest BCUT2D eigenvalue weighted by molar-refractivity contribution is 5.91. The molecule has 2 aliphatic heterocycles. The van der Waals surface area contributed by atoms with E-state index in [4.69, 9.17) is 4.74 Å². The first-order valence-electron chi connectivity index (χ1n) is 13.0. The van der Waals surface area contributed by atoms with Gasteiger partial charge in [0.1, 0.15) is 12.2 Å². The van der Waals surface area contributed by atoms with E-state index in [9.17, 15) is 24.3 Å². The number of fused-ring (bicyclic) bond motifs is 1. The fraction of sp³-hybridized carbons (Fsp3) is 0.429. The Morgan fingerprint density at radius 3 is 2.46 bits per heavy atom. The van der Waals surface area contributed by atoms with E-state index in [1.54, 1.807) is 17.0 Å². The summed E-state index contributed by atoms with van der Waals surface area (Å²) in [5.74, 6) is -1.72. The molecule has 2 aromatic carbocycles. The zero-order valence-corrected chi connectivity index (χ0v) is 22.3. The molecule has 2 saturated heterocycles. The van der Waals surface area contributed by atoms with Crippen LogP contribution in [0.1, 0.15) is 29.5 Å². The number of carboxylic acid groups (broad SMARTS) is 1. The van der Waals surface area contributed by atoms with Crippen molar-refractivity contribution in [3.63, 3.8) is 0 Å². The predicted molar refractivity (Wildman–Crippen MR) is 142 cm³/mol. The molecular weight excluding hydrogens is 502 g/mol. The number of carbonyl (C=O) groups excluding carboxylic acids is 3. The van der Waals surface area contributed by atoms with Crippen molar-refractivity contribution in [3.8, 4) is 0 Å². The summed E-state index contributed by atoms with van der Waals surface area (Å²) in [6.45, 7) is 3.17. The average molecular weight is 538 g/mol. The normalized spacial score (nSPS) is 19.7. The Balaban J connectivity index is 1.48. The standard InChI is InChI=1S/C28H35N5O6/c1-20-8-10-22(11-9-20)19-39-15-14-31-17-24-32(23(27(31)37)12-13-26(35)36)25(34)18-30(2)33(24)28(38)29-16-21-6-4-3-5-7-21/h3-11,23-24H,12-19H2,1-2H3,(H,29,38)(H,35,36)/t23-,24-/m0/s1. The summed E-state index contributed by atoms with van der Waals surface area (Å²) in [5, 5.41) is 15.2. The molecule has 11 heteroatoms. The zero-order valence-electron chi connectivity index (χ0n) is 22.3. The molecule has 0 bridgehead atoms. The van der Waals surface area contributed by atoms with Crippen molar-refractivity contribution in [2.75, 3.05) is 33.3 Å². The molecule has 0 spiro atoms. The molecular formula is C28H35N5O6. The third kappa shape index (κ3) is 6.92. The number of likely N-dealkylation sites (N-methyl/N-ethyl adjacent to an activating group) is 1. The first kappa shape index (κ1) is 28.1. The Hall–Kier alpha value is -3.96. The summed E-state index contributed by atoms with van der Waals surface area (Å²) in [6.07, 6.45) is -1.10. The Morgan fingerprint density at radius 1 is 1.05 bits per heavy atom. The second kappa shape index (κ2) is 12.7. The van der Waals surface area contributed by atoms with E-state index in [1.807, 2.05) is 61.5 Å². The van der Waals surface area contributed by atoms with Gasteiger partial charge < -0.3 is 25.0 Å². The summed E-state index contributed by atoms with van der Waals surface area (Å²) in [4.78, 5) is 54.2. The lowest BCUT2D eigenvalue weighted by molar-refractivity contribution is -0.188. The number of aliphatic carboxylic acids is 1. The molecule has 2 fully saturated rings. The molecule has 0 unspecified atom stereocenters. The number of carbonyl (C=O) groups is 4. The number of urea groups is 1. The number of nitrogens with one attached hydrogen (secondary N) is 1. The van der Waals surface area contributed by atoms with Gasteiger partial charge in [-0.05, 0) is 24.5 Å². The minimum atomic E-state index is -1.06. The van der Waals surface area contributed by atoms with Crippen molar-refractivity contribution in [2.45, 2.75) is 45.1 Å². The topological polar surface area (TPSA) is 123 Å². The van der Waals surface area contributed by atoms with Gasteiger partial charge in [-0.25, -0.2) is 14.8 Å². The van der Waals surface area contributed by atoms with Crippen LogP contribution < -0.4 is 5.32 Å². The number of carboxylic acids is 1. The van der Waals surface area contributed by atoms with Crippen LogP contribution in [0.15, 0.2) is 54.6 Å². The van der Waals surface area contributed by atoms with Crippen LogP contribution in [-0.4, -0.2) is 94.2 Å². The van der Waals surface area contributed by atoms with Gasteiger partial charge in [-0.1, -0.05) is 60.2 Å². The third-order valence-corrected chi connectivity index (χ3v) is 6.96. The van der Waals surface area contributed by atoms with Gasteiger partial charge >= 0.3 is 12.0 Å². The van der Waals surface area contributed by atoms with Gasteiger partial charge in [0.15, 0.2) is 0 Å². The van der Waals surface area contributed by atoms with Crippen molar-refractivity contribution in [1.82, 2.24) is 25.1 Å². The van der Waals surface area contributed by atoms with Crippen molar-refractivity contribution in [1.29, 1.82) is 0 Å². The van der Waals surface area contributed by atoms with E-state index in [2.05, 4.69) is 5.32 Å². The lowest BCUT2D eigenvalue weighted by atomic mass is 10.0. The Labute approximate surface area is 227 Å². The number of nitrogens with zero attached hydrogens (tertiary/aromatic N) is 4. The molecule has 0 saturated carbocycles. The molecule has 4 amide bonds. The molecule has 2 N–H and O–H groups in total. The molecule has 4 rings (SSSR count). The van der Waals surface area contributed by atoms with E-state index >= 15 is 0 Å². The van der Waals surface area contributed by atoms with E-state index in [0.29, 0.717) is 13.2 Å². The summed E-state index contributed by atoms with van der Waals surface area (Å²) >= 11 is 0. The predicted octanol–water partition coefficient (Wildman–Crippen LogP) is 1.81. The maximum absolute atomic E-state index is 13.5. The van der Waals surface area contributed by atoms with Crippen LogP contribution >= 0.6 is 0 Å². The minimum absolute atomic E-state index is 0.0414. The van der Waals surface area contributed by atoms with Gasteiger partial charge in [-0.3, -0.25) is 14.4 Å². The van der Waals surface area contributed by atoms with Crippen LogP contribution in [0, 0.1) is 6.92 Å². The van der Waals surface area contributed by atoms with Gasteiger partial charge in [0, 0.05) is 26.6 Å². The third-order valence-electron chi connectivity index (χ3n) is 6.96. The molecule has 208 valence electrons. The van der Waals surface area contributed by atoms with Gasteiger partial charge in [-0.2, -0.15) is 0 Å². The second-order valence-electron chi connectivity index (χ2n) is 9.86. The van der Waals surface area contributed by atoms with Crippen LogP contribution in [0.4, 0.5) is 4.79 Å². The van der Waals surface area contributed by atoms with E-state index in [1.165, 1.54) is 9.91 Å². The first-order valence-corrected chi connectivity index (χ1v) is 13.0. The number of hydrogen-bond acceptors (Lipinski definition) is 6. The highest BCUT2D eigenvalue weighted by Crippen LogP contribution is 2.28. The quantitative estimate of drug-likeness (QED) is 0.443. The van der Waals surface area contributed by atoms with Crippen LogP contribution in [0.25, 0.3) is 0 Å². The number of amides is 4. The van der Waals surface area contributed by atoms with Gasteiger partial charge in [0.05, 0.1) is 26.3 Å². The summed E-state index contributed by atoms with van der Waals surface area (Å²) in [5.41, 5.74) is 3.08. The second-order valence-corrected chi connectivity index (χ2v) is 9.86. The highest BCUT2D eigenvalue weighted by atomic mass is 16.5. The number of hydrazine groups is 1. The van der Waals surface area contributed by atoms with Gasteiger partial charge in [-0.15, -0.1) is 0 Å². The largest absolute Gasteiger partial charge is 0.481 e. The monoisotopic (exact) mass is 537 g/mol. The summed E-state index contributed by atoms with van der Waals surface area (Å²) in [6, 6.07) is 16.0. The lowest BCUT2D eigenvalue weighted by Crippen LogP contribution is -2.76. The van der Waals surface area contributed by atoms with Crippen molar-refractivity contribution in [2.24, 2.45) is 0 Å². The minimum Gasteiger partial charge on any atom is -0.481 e. The highest BCUT2D eigenvalue weighted by Gasteiger charge is 2.50. The fourth-order valence-electron chi connectivity index (χ4n) is 4.95. The van der Waals surface area contributed by atoms with Crippen molar-refractivity contribution < 1.29 is 29.0 Å². The van der Waals surface area contributed by atoms with Crippen LogP contribution in [0.2, 0.25) is 0 Å².